The molecule has 1 aliphatic heterocycles. The van der Waals surface area contributed by atoms with Crippen LogP contribution in [0.3, 0.4) is 0 Å². The molecule has 0 spiro atoms. The van der Waals surface area contributed by atoms with Crippen LogP contribution in [-0.4, -0.2) is 36.7 Å². The first-order valence-corrected chi connectivity index (χ1v) is 6.50. The molecule has 6 heteroatoms. The van der Waals surface area contributed by atoms with E-state index in [0.717, 1.165) is 0 Å². The van der Waals surface area contributed by atoms with Crippen molar-refractivity contribution in [2.24, 2.45) is 23.7 Å². The molecule has 6 atom stereocenters. The van der Waals surface area contributed by atoms with Crippen molar-refractivity contribution in [3.63, 3.8) is 0 Å². The molecule has 3 aliphatic rings. The Kier molecular flexibility index (Phi) is 2.76. The molecule has 0 aromatic rings. The Morgan fingerprint density at radius 3 is 2.47 bits per heavy atom. The van der Waals surface area contributed by atoms with E-state index < -0.39 is 0 Å². The van der Waals surface area contributed by atoms with E-state index >= 15 is 0 Å². The van der Waals surface area contributed by atoms with Crippen molar-refractivity contribution in [1.82, 2.24) is 0 Å². The van der Waals surface area contributed by atoms with Crippen LogP contribution in [0.5, 0.6) is 0 Å². The standard InChI is InChI=1S/C13H16O6/c1-5(14)18-9-3-7-10-8(4-17-13(10)16)11(9)12(7)19-6(2)15/h7-12H,3-4H2,1-2H3/t7-,8-,9-,10+,11-,12-/m0/s1. The second-order valence-electron chi connectivity index (χ2n) is 5.52. The zero-order valence-electron chi connectivity index (χ0n) is 10.8. The monoisotopic (exact) mass is 268 g/mol. The van der Waals surface area contributed by atoms with Crippen LogP contribution in [0.1, 0.15) is 20.3 Å². The molecule has 6 nitrogen and oxygen atoms in total. The van der Waals surface area contributed by atoms with Gasteiger partial charge in [-0.2, -0.15) is 0 Å². The maximum atomic E-state index is 11.7. The third-order valence-electron chi connectivity index (χ3n) is 4.46. The Morgan fingerprint density at radius 2 is 1.84 bits per heavy atom. The summed E-state index contributed by atoms with van der Waals surface area (Å²) in [5.41, 5.74) is 0. The summed E-state index contributed by atoms with van der Waals surface area (Å²) in [5, 5.41) is 0. The number of esters is 3. The highest BCUT2D eigenvalue weighted by atomic mass is 16.6. The minimum Gasteiger partial charge on any atom is -0.465 e. The van der Waals surface area contributed by atoms with Gasteiger partial charge in [0.1, 0.15) is 12.2 Å². The van der Waals surface area contributed by atoms with Crippen LogP contribution in [0.4, 0.5) is 0 Å². The number of carbonyl (C=O) groups is 3. The van der Waals surface area contributed by atoms with E-state index in [0.29, 0.717) is 13.0 Å². The minimum absolute atomic E-state index is 0.0000463. The van der Waals surface area contributed by atoms with Crippen LogP contribution < -0.4 is 0 Å². The van der Waals surface area contributed by atoms with Gasteiger partial charge >= 0.3 is 17.9 Å². The maximum absolute atomic E-state index is 11.7. The molecule has 2 saturated carbocycles. The molecule has 19 heavy (non-hydrogen) atoms. The molecule has 1 heterocycles. The average molecular weight is 268 g/mol. The number of hydrogen-bond acceptors (Lipinski definition) is 6. The molecule has 1 saturated heterocycles. The van der Waals surface area contributed by atoms with Crippen molar-refractivity contribution in [2.75, 3.05) is 6.61 Å². The third kappa shape index (κ3) is 1.81. The smallest absolute Gasteiger partial charge is 0.309 e. The molecule has 0 unspecified atom stereocenters. The lowest BCUT2D eigenvalue weighted by molar-refractivity contribution is -0.155. The van der Waals surface area contributed by atoms with Gasteiger partial charge in [0.05, 0.1) is 12.5 Å². The van der Waals surface area contributed by atoms with Gasteiger partial charge in [0, 0.05) is 31.6 Å². The van der Waals surface area contributed by atoms with E-state index in [4.69, 9.17) is 14.2 Å². The van der Waals surface area contributed by atoms with Crippen LogP contribution in [-0.2, 0) is 28.6 Å². The number of ether oxygens (including phenoxy) is 3. The van der Waals surface area contributed by atoms with Gasteiger partial charge in [-0.1, -0.05) is 0 Å². The summed E-state index contributed by atoms with van der Waals surface area (Å²) in [6.45, 7) is 3.05. The van der Waals surface area contributed by atoms with E-state index in [1.165, 1.54) is 13.8 Å². The predicted molar refractivity (Wildman–Crippen MR) is 60.6 cm³/mol. The summed E-state index contributed by atoms with van der Waals surface area (Å²) in [5.74, 6) is -1.33. The highest BCUT2D eigenvalue weighted by Crippen LogP contribution is 2.57. The lowest BCUT2D eigenvalue weighted by Crippen LogP contribution is -2.35. The van der Waals surface area contributed by atoms with Gasteiger partial charge in [0.15, 0.2) is 0 Å². The molecule has 104 valence electrons. The lowest BCUT2D eigenvalue weighted by atomic mass is 9.80. The number of cyclic esters (lactones) is 1. The van der Waals surface area contributed by atoms with Gasteiger partial charge in [0.2, 0.25) is 0 Å². The molecule has 0 radical (unpaired) electrons. The normalized spacial score (nSPS) is 42.7. The highest BCUT2D eigenvalue weighted by Gasteiger charge is 2.66. The number of rotatable bonds is 2. The van der Waals surface area contributed by atoms with Crippen molar-refractivity contribution in [3.8, 4) is 0 Å². The van der Waals surface area contributed by atoms with Gasteiger partial charge < -0.3 is 14.2 Å². The second kappa shape index (κ2) is 4.21. The van der Waals surface area contributed by atoms with Crippen LogP contribution in [0.2, 0.25) is 0 Å². The van der Waals surface area contributed by atoms with E-state index in [1.54, 1.807) is 0 Å². The van der Waals surface area contributed by atoms with Gasteiger partial charge in [-0.15, -0.1) is 0 Å². The SMILES string of the molecule is CC(=O)O[C@H]1[C@H]2C[C@H](OC(C)=O)[C@@H]1[C@H]1COC(=O)[C@H]21. The zero-order valence-corrected chi connectivity index (χ0v) is 10.8. The molecule has 0 aromatic carbocycles. The van der Waals surface area contributed by atoms with E-state index in [1.807, 2.05) is 0 Å². The van der Waals surface area contributed by atoms with Crippen molar-refractivity contribution in [3.05, 3.63) is 0 Å². The molecular weight excluding hydrogens is 252 g/mol. The van der Waals surface area contributed by atoms with E-state index in [2.05, 4.69) is 0 Å². The summed E-state index contributed by atoms with van der Waals surface area (Å²) >= 11 is 0. The molecule has 2 bridgehead atoms. The topological polar surface area (TPSA) is 78.9 Å². The molecule has 0 amide bonds. The molecule has 0 aromatic heterocycles. The number of carbonyl (C=O) groups excluding carboxylic acids is 3. The number of fused-ring (bicyclic) bond motifs is 5. The first-order chi connectivity index (χ1) is 8.99. The van der Waals surface area contributed by atoms with Gasteiger partial charge in [0.25, 0.3) is 0 Å². The van der Waals surface area contributed by atoms with Crippen LogP contribution in [0, 0.1) is 23.7 Å². The summed E-state index contributed by atoms with van der Waals surface area (Å²) < 4.78 is 15.7. The van der Waals surface area contributed by atoms with Gasteiger partial charge in [-0.05, 0) is 6.42 Å². The van der Waals surface area contributed by atoms with Crippen molar-refractivity contribution in [2.45, 2.75) is 32.5 Å². The summed E-state index contributed by atoms with van der Waals surface area (Å²) in [7, 11) is 0. The van der Waals surface area contributed by atoms with E-state index in [-0.39, 0.29) is 53.8 Å². The van der Waals surface area contributed by atoms with Crippen molar-refractivity contribution < 1.29 is 28.6 Å². The Hall–Kier alpha value is -1.59. The summed E-state index contributed by atoms with van der Waals surface area (Å²) in [4.78, 5) is 34.1. The lowest BCUT2D eigenvalue weighted by Gasteiger charge is -2.27. The Bertz CT molecular complexity index is 444. The average Bonchev–Trinajstić information content (AvgIpc) is 2.89. The molecule has 0 N–H and O–H groups in total. The zero-order chi connectivity index (χ0) is 13.7. The van der Waals surface area contributed by atoms with Crippen molar-refractivity contribution in [1.29, 1.82) is 0 Å². The Morgan fingerprint density at radius 1 is 1.16 bits per heavy atom. The predicted octanol–water partition coefficient (Wildman–Crippen LogP) is 0.289. The second-order valence-corrected chi connectivity index (χ2v) is 5.52. The Balaban J connectivity index is 1.85. The van der Waals surface area contributed by atoms with Crippen molar-refractivity contribution >= 4 is 17.9 Å². The molecular formula is C13H16O6. The molecule has 2 aliphatic carbocycles. The molecule has 3 fully saturated rings. The van der Waals surface area contributed by atoms with Crippen LogP contribution in [0.15, 0.2) is 0 Å². The summed E-state index contributed by atoms with van der Waals surface area (Å²) in [6.07, 6.45) is -0.0364. The fourth-order valence-electron chi connectivity index (χ4n) is 4.02. The first-order valence-electron chi connectivity index (χ1n) is 6.50. The van der Waals surface area contributed by atoms with E-state index in [9.17, 15) is 14.4 Å². The highest BCUT2D eigenvalue weighted by molar-refractivity contribution is 5.77. The largest absolute Gasteiger partial charge is 0.465 e. The van der Waals surface area contributed by atoms with Crippen LogP contribution in [0.25, 0.3) is 0 Å². The number of hydrogen-bond donors (Lipinski definition) is 0. The van der Waals surface area contributed by atoms with Gasteiger partial charge in [-0.3, -0.25) is 14.4 Å². The molecule has 3 rings (SSSR count). The fraction of sp³-hybridized carbons (Fsp3) is 0.769. The quantitative estimate of drug-likeness (QED) is 0.529. The van der Waals surface area contributed by atoms with Crippen LogP contribution >= 0.6 is 0 Å². The third-order valence-corrected chi connectivity index (χ3v) is 4.46. The maximum Gasteiger partial charge on any atom is 0.309 e. The Labute approximate surface area is 110 Å². The summed E-state index contributed by atoms with van der Waals surface area (Å²) in [6, 6.07) is 0. The fourth-order valence-corrected chi connectivity index (χ4v) is 4.02. The van der Waals surface area contributed by atoms with Gasteiger partial charge in [-0.25, -0.2) is 0 Å². The minimum atomic E-state index is -0.364. The first kappa shape index (κ1) is 12.4.